The molecule has 1 unspecified atom stereocenters. The Hall–Kier alpha value is -0.448. The van der Waals surface area contributed by atoms with E-state index in [-0.39, 0.29) is 43.3 Å². The Balaban J connectivity index is 0.00000140. The molecule has 1 nitrogen and oxygen atoms in total. The molecule has 2 aliphatic carbocycles. The molecule has 0 amide bonds. The SMILES string of the molecule is CC(C)(C)N[Si](C)(C)C1C=C(c2ccccc2)c2cc3c(cc21)CCC3.[LiH].[LiH]. The molecule has 1 atom stereocenters. The number of hydrogen-bond acceptors (Lipinski definition) is 1. The zero-order valence-corrected chi connectivity index (χ0v) is 17.8. The van der Waals surface area contributed by atoms with Crippen LogP contribution in [0.5, 0.6) is 0 Å². The number of fused-ring (bicyclic) bond motifs is 2. The van der Waals surface area contributed by atoms with E-state index in [1.165, 1.54) is 36.0 Å². The van der Waals surface area contributed by atoms with Gasteiger partial charge in [-0.15, -0.1) is 0 Å². The molecule has 0 heterocycles. The third kappa shape index (κ3) is 4.65. The van der Waals surface area contributed by atoms with Gasteiger partial charge in [0.1, 0.15) is 8.24 Å². The van der Waals surface area contributed by atoms with Crippen molar-refractivity contribution in [1.29, 1.82) is 0 Å². The van der Waals surface area contributed by atoms with E-state index in [4.69, 9.17) is 0 Å². The van der Waals surface area contributed by atoms with Crippen LogP contribution < -0.4 is 4.98 Å². The summed E-state index contributed by atoms with van der Waals surface area (Å²) >= 11 is 0. The van der Waals surface area contributed by atoms with Crippen LogP contribution in [0.4, 0.5) is 0 Å². The summed E-state index contributed by atoms with van der Waals surface area (Å²) in [6.45, 7) is 11.9. The second-order valence-electron chi connectivity index (χ2n) is 9.58. The zero-order valence-electron chi connectivity index (χ0n) is 16.8. The first kappa shape index (κ1) is 23.8. The molecule has 0 aliphatic heterocycles. The third-order valence-corrected chi connectivity index (χ3v) is 9.21. The van der Waals surface area contributed by atoms with Crippen molar-refractivity contribution in [3.05, 3.63) is 76.4 Å². The first-order valence-electron chi connectivity index (χ1n) is 9.97. The van der Waals surface area contributed by atoms with Crippen molar-refractivity contribution in [3.8, 4) is 0 Å². The van der Waals surface area contributed by atoms with Crippen LogP contribution in [0.3, 0.4) is 0 Å². The second kappa shape index (κ2) is 8.73. The van der Waals surface area contributed by atoms with Gasteiger partial charge < -0.3 is 4.98 Å². The van der Waals surface area contributed by atoms with Gasteiger partial charge in [-0.1, -0.05) is 61.6 Å². The van der Waals surface area contributed by atoms with Crippen molar-refractivity contribution in [2.24, 2.45) is 0 Å². The maximum absolute atomic E-state index is 4.01. The number of hydrogen-bond donors (Lipinski definition) is 1. The molecule has 0 fully saturated rings. The molecular formula is C24H33Li2NSi. The van der Waals surface area contributed by atoms with Crippen LogP contribution in [0, 0.1) is 0 Å². The summed E-state index contributed by atoms with van der Waals surface area (Å²) in [5.74, 6) is 0. The number of allylic oxidation sites excluding steroid dienone is 1. The molecule has 0 spiro atoms. The standard InChI is InChI=1S/C24H31NSi.2Li.2H/c1-24(2,3)25-26(4,5)23-16-20(17-10-7-6-8-11-17)21-14-18-12-9-13-19(18)15-22(21)23;;;;/h6-8,10-11,14-16,23,25H,9,12-13H2,1-5H3;;;;. The predicted octanol–water partition coefficient (Wildman–Crippen LogP) is 4.54. The molecule has 2 aliphatic rings. The van der Waals surface area contributed by atoms with Gasteiger partial charge in [-0.05, 0) is 73.4 Å². The molecular weight excluding hydrogens is 344 g/mol. The molecule has 0 aromatic heterocycles. The second-order valence-corrected chi connectivity index (χ2v) is 13.9. The van der Waals surface area contributed by atoms with Gasteiger partial charge in [0.25, 0.3) is 0 Å². The summed E-state index contributed by atoms with van der Waals surface area (Å²) in [5.41, 5.74) is 9.70. The van der Waals surface area contributed by atoms with Gasteiger partial charge in [0.2, 0.25) is 0 Å². The Morgan fingerprint density at radius 2 is 1.54 bits per heavy atom. The van der Waals surface area contributed by atoms with Crippen molar-refractivity contribution >= 4 is 51.5 Å². The minimum absolute atomic E-state index is 0. The number of aryl methyl sites for hydroxylation is 2. The summed E-state index contributed by atoms with van der Waals surface area (Å²) < 4.78 is 0. The van der Waals surface area contributed by atoms with E-state index < -0.39 is 8.24 Å². The number of nitrogens with one attached hydrogen (secondary N) is 1. The molecule has 2 aromatic carbocycles. The van der Waals surface area contributed by atoms with Crippen molar-refractivity contribution in [1.82, 2.24) is 4.98 Å². The van der Waals surface area contributed by atoms with Gasteiger partial charge in [-0.3, -0.25) is 0 Å². The van der Waals surface area contributed by atoms with E-state index in [0.29, 0.717) is 5.54 Å². The van der Waals surface area contributed by atoms with Gasteiger partial charge in [0.05, 0.1) is 0 Å². The van der Waals surface area contributed by atoms with E-state index in [9.17, 15) is 0 Å². The fourth-order valence-corrected chi connectivity index (χ4v) is 8.68. The summed E-state index contributed by atoms with van der Waals surface area (Å²) in [6, 6.07) is 16.0. The number of benzene rings is 2. The van der Waals surface area contributed by atoms with E-state index in [1.54, 1.807) is 16.7 Å². The molecule has 0 bridgehead atoms. The van der Waals surface area contributed by atoms with Crippen LogP contribution in [0.25, 0.3) is 5.57 Å². The van der Waals surface area contributed by atoms with Crippen LogP contribution in [0.1, 0.15) is 60.6 Å². The molecule has 0 radical (unpaired) electrons. The molecule has 4 heteroatoms. The van der Waals surface area contributed by atoms with Crippen molar-refractivity contribution in [2.45, 2.75) is 64.2 Å². The molecule has 0 saturated heterocycles. The normalized spacial score (nSPS) is 17.9. The summed E-state index contributed by atoms with van der Waals surface area (Å²) in [6.07, 6.45) is 6.38. The monoisotopic (exact) mass is 377 g/mol. The fourth-order valence-electron chi connectivity index (χ4n) is 4.99. The molecule has 1 N–H and O–H groups in total. The van der Waals surface area contributed by atoms with Crippen LogP contribution >= 0.6 is 0 Å². The predicted molar refractivity (Wildman–Crippen MR) is 129 cm³/mol. The van der Waals surface area contributed by atoms with Crippen molar-refractivity contribution in [2.75, 3.05) is 0 Å². The Labute approximate surface area is 196 Å². The van der Waals surface area contributed by atoms with E-state index in [1.807, 2.05) is 0 Å². The summed E-state index contributed by atoms with van der Waals surface area (Å²) in [7, 11) is -1.69. The van der Waals surface area contributed by atoms with E-state index in [2.05, 4.69) is 87.4 Å². The maximum atomic E-state index is 4.01. The molecule has 4 rings (SSSR count). The van der Waals surface area contributed by atoms with E-state index in [0.717, 1.165) is 0 Å². The Morgan fingerprint density at radius 3 is 2.14 bits per heavy atom. The fraction of sp³-hybridized carbons (Fsp3) is 0.417. The molecule has 140 valence electrons. The van der Waals surface area contributed by atoms with Crippen LogP contribution in [0.2, 0.25) is 13.1 Å². The first-order chi connectivity index (χ1) is 12.2. The molecule has 28 heavy (non-hydrogen) atoms. The summed E-state index contributed by atoms with van der Waals surface area (Å²) in [4.78, 5) is 4.01. The van der Waals surface area contributed by atoms with Gasteiger partial charge >= 0.3 is 37.7 Å². The number of rotatable bonds is 3. The molecule has 2 aromatic rings. The topological polar surface area (TPSA) is 12.0 Å². The third-order valence-electron chi connectivity index (χ3n) is 5.78. The Morgan fingerprint density at radius 1 is 0.929 bits per heavy atom. The van der Waals surface area contributed by atoms with E-state index >= 15 is 0 Å². The van der Waals surface area contributed by atoms with Crippen LogP contribution in [-0.4, -0.2) is 51.5 Å². The van der Waals surface area contributed by atoms with Gasteiger partial charge in [0.15, 0.2) is 0 Å². The minimum atomic E-state index is -1.69. The van der Waals surface area contributed by atoms with Crippen molar-refractivity contribution in [3.63, 3.8) is 0 Å². The average Bonchev–Trinajstić information content (AvgIpc) is 3.15. The Kier molecular flexibility index (Phi) is 7.43. The Bertz CT molecular complexity index is 866. The first-order valence-corrected chi connectivity index (χ1v) is 13.0. The zero-order chi connectivity index (χ0) is 18.5. The van der Waals surface area contributed by atoms with Gasteiger partial charge in [0, 0.05) is 11.1 Å². The van der Waals surface area contributed by atoms with Crippen LogP contribution in [0.15, 0.2) is 48.5 Å². The average molecular weight is 378 g/mol. The van der Waals surface area contributed by atoms with Crippen molar-refractivity contribution < 1.29 is 0 Å². The summed E-state index contributed by atoms with van der Waals surface area (Å²) in [5, 5.41) is 0. The van der Waals surface area contributed by atoms with Crippen LogP contribution in [-0.2, 0) is 12.8 Å². The van der Waals surface area contributed by atoms with Gasteiger partial charge in [-0.25, -0.2) is 0 Å². The molecule has 0 saturated carbocycles. The quantitative estimate of drug-likeness (QED) is 0.775. The van der Waals surface area contributed by atoms with Gasteiger partial charge in [-0.2, -0.15) is 0 Å².